The first-order chi connectivity index (χ1) is 13.5. The fourth-order valence-corrected chi connectivity index (χ4v) is 2.98. The summed E-state index contributed by atoms with van der Waals surface area (Å²) in [7, 11) is 0. The van der Waals surface area contributed by atoms with Crippen LogP contribution in [0.25, 0.3) is 11.4 Å². The van der Waals surface area contributed by atoms with E-state index in [0.717, 1.165) is 31.2 Å². The summed E-state index contributed by atoms with van der Waals surface area (Å²) in [6.45, 7) is 4.05. The van der Waals surface area contributed by atoms with Gasteiger partial charge < -0.3 is 10.1 Å². The van der Waals surface area contributed by atoms with E-state index in [1.165, 1.54) is 0 Å². The number of amides is 1. The minimum Gasteiger partial charge on any atom is -0.407 e. The Morgan fingerprint density at radius 3 is 2.50 bits per heavy atom. The van der Waals surface area contributed by atoms with Gasteiger partial charge in [-0.2, -0.15) is 4.98 Å². The molecule has 1 atom stereocenters. The predicted octanol–water partition coefficient (Wildman–Crippen LogP) is 3.08. The summed E-state index contributed by atoms with van der Waals surface area (Å²) in [5, 5.41) is 3.10. The Kier molecular flexibility index (Phi) is 5.07. The number of ether oxygens (including phenoxy) is 1. The summed E-state index contributed by atoms with van der Waals surface area (Å²) in [4.78, 5) is 37.7. The van der Waals surface area contributed by atoms with Crippen molar-refractivity contribution < 1.29 is 14.3 Å². The molecular formula is C21H24N4O3. The number of rotatable bonds is 7. The monoisotopic (exact) mass is 380 g/mol. The number of carbonyl (C=O) groups excluding carboxylic acids is 2. The number of nitrogens with zero attached hydrogens (tertiary/aromatic N) is 3. The van der Waals surface area contributed by atoms with Crippen molar-refractivity contribution in [3.63, 3.8) is 0 Å². The highest BCUT2D eigenvalue weighted by Gasteiger charge is 2.34. The van der Waals surface area contributed by atoms with E-state index >= 15 is 0 Å². The second-order valence-corrected chi connectivity index (χ2v) is 7.90. The van der Waals surface area contributed by atoms with Gasteiger partial charge in [0.2, 0.25) is 11.8 Å². The van der Waals surface area contributed by atoms with Crippen LogP contribution in [0.2, 0.25) is 0 Å². The first-order valence-electron chi connectivity index (χ1n) is 9.82. The Bertz CT molecular complexity index is 876. The van der Waals surface area contributed by atoms with Gasteiger partial charge in [0.15, 0.2) is 5.82 Å². The van der Waals surface area contributed by atoms with E-state index in [-0.39, 0.29) is 41.6 Å². The van der Waals surface area contributed by atoms with Crippen LogP contribution in [0.4, 0.5) is 0 Å². The van der Waals surface area contributed by atoms with Crippen LogP contribution in [0, 0.1) is 17.8 Å². The normalized spacial score (nSPS) is 17.2. The largest absolute Gasteiger partial charge is 0.407 e. The minimum absolute atomic E-state index is 0.0317. The third kappa shape index (κ3) is 4.35. The van der Waals surface area contributed by atoms with Gasteiger partial charge in [0, 0.05) is 29.9 Å². The highest BCUT2D eigenvalue weighted by molar-refractivity contribution is 5.81. The Hall–Kier alpha value is -2.83. The van der Waals surface area contributed by atoms with E-state index in [1.54, 1.807) is 24.5 Å². The summed E-state index contributed by atoms with van der Waals surface area (Å²) in [6, 6.07) is 5.03. The second-order valence-electron chi connectivity index (χ2n) is 7.90. The number of carbonyl (C=O) groups is 2. The molecule has 0 aromatic carbocycles. The van der Waals surface area contributed by atoms with E-state index < -0.39 is 0 Å². The summed E-state index contributed by atoms with van der Waals surface area (Å²) >= 11 is 0. The molecule has 146 valence electrons. The van der Waals surface area contributed by atoms with Crippen LogP contribution in [-0.2, 0) is 9.59 Å². The highest BCUT2D eigenvalue weighted by Crippen LogP contribution is 2.33. The zero-order chi connectivity index (χ0) is 19.7. The maximum absolute atomic E-state index is 12.4. The van der Waals surface area contributed by atoms with Crippen LogP contribution in [0.3, 0.4) is 0 Å². The lowest BCUT2D eigenvalue weighted by Gasteiger charge is -2.23. The maximum Gasteiger partial charge on any atom is 0.315 e. The lowest BCUT2D eigenvalue weighted by atomic mass is 10.00. The summed E-state index contributed by atoms with van der Waals surface area (Å²) < 4.78 is 5.51. The quantitative estimate of drug-likeness (QED) is 0.742. The van der Waals surface area contributed by atoms with Gasteiger partial charge in [0.05, 0.1) is 17.7 Å². The fourth-order valence-electron chi connectivity index (χ4n) is 2.98. The molecule has 2 aliphatic rings. The van der Waals surface area contributed by atoms with Crippen molar-refractivity contribution >= 4 is 11.9 Å². The number of hydrogen-bond acceptors (Lipinski definition) is 6. The lowest BCUT2D eigenvalue weighted by molar-refractivity contribution is -0.136. The third-order valence-electron chi connectivity index (χ3n) is 4.99. The molecule has 2 aromatic heterocycles. The Morgan fingerprint density at radius 2 is 1.89 bits per heavy atom. The van der Waals surface area contributed by atoms with Crippen molar-refractivity contribution in [2.45, 2.75) is 45.6 Å². The Labute approximate surface area is 164 Å². The van der Waals surface area contributed by atoms with Gasteiger partial charge in [-0.05, 0) is 43.7 Å². The van der Waals surface area contributed by atoms with Crippen molar-refractivity contribution in [2.24, 2.45) is 17.8 Å². The Balaban J connectivity index is 1.68. The number of esters is 1. The van der Waals surface area contributed by atoms with Crippen LogP contribution in [0.5, 0.6) is 5.88 Å². The van der Waals surface area contributed by atoms with E-state index in [0.29, 0.717) is 11.5 Å². The molecule has 2 heterocycles. The molecule has 28 heavy (non-hydrogen) atoms. The molecule has 0 spiro atoms. The summed E-state index contributed by atoms with van der Waals surface area (Å²) in [5.74, 6) is 0.624. The first kappa shape index (κ1) is 18.5. The van der Waals surface area contributed by atoms with Gasteiger partial charge in [-0.25, -0.2) is 4.98 Å². The smallest absolute Gasteiger partial charge is 0.315 e. The van der Waals surface area contributed by atoms with Crippen LogP contribution in [0.1, 0.15) is 51.3 Å². The van der Waals surface area contributed by atoms with Gasteiger partial charge in [-0.3, -0.25) is 14.6 Å². The van der Waals surface area contributed by atoms with Crippen molar-refractivity contribution in [3.8, 4) is 17.3 Å². The first-order valence-corrected chi connectivity index (χ1v) is 9.82. The number of pyridine rings is 1. The molecule has 4 rings (SSSR count). The fraction of sp³-hybridized carbons (Fsp3) is 0.476. The van der Waals surface area contributed by atoms with Gasteiger partial charge in [-0.1, -0.05) is 13.8 Å². The molecule has 7 nitrogen and oxygen atoms in total. The van der Waals surface area contributed by atoms with Crippen LogP contribution in [0.15, 0.2) is 30.6 Å². The minimum atomic E-state index is -0.287. The molecular weight excluding hydrogens is 356 g/mol. The second kappa shape index (κ2) is 7.66. The maximum atomic E-state index is 12.4. The number of hydrogen-bond donors (Lipinski definition) is 1. The van der Waals surface area contributed by atoms with Gasteiger partial charge in [-0.15, -0.1) is 0 Å². The average Bonchev–Trinajstić information content (AvgIpc) is 3.58. The molecule has 2 saturated carbocycles. The molecule has 0 radical (unpaired) electrons. The highest BCUT2D eigenvalue weighted by atomic mass is 16.5. The molecule has 2 fully saturated rings. The van der Waals surface area contributed by atoms with Crippen molar-refractivity contribution in [1.82, 2.24) is 20.3 Å². The van der Waals surface area contributed by atoms with Crippen molar-refractivity contribution in [2.75, 3.05) is 0 Å². The van der Waals surface area contributed by atoms with Crippen LogP contribution < -0.4 is 10.1 Å². The van der Waals surface area contributed by atoms with E-state index in [2.05, 4.69) is 20.3 Å². The summed E-state index contributed by atoms with van der Waals surface area (Å²) in [6.07, 6.45) is 6.93. The number of nitrogens with one attached hydrogen (secondary N) is 1. The van der Waals surface area contributed by atoms with Gasteiger partial charge in [0.1, 0.15) is 0 Å². The zero-order valence-electron chi connectivity index (χ0n) is 16.1. The van der Waals surface area contributed by atoms with E-state index in [4.69, 9.17) is 4.74 Å². The molecule has 0 unspecified atom stereocenters. The number of aromatic nitrogens is 3. The molecule has 2 aromatic rings. The predicted molar refractivity (Wildman–Crippen MR) is 102 cm³/mol. The Morgan fingerprint density at radius 1 is 1.14 bits per heavy atom. The van der Waals surface area contributed by atoms with Gasteiger partial charge in [0.25, 0.3) is 0 Å². The standard InChI is InChI=1S/C21H24N4O3/c1-12(2)18(25-20(26)13-5-6-13)16-10-17(28-21(27)14-7-8-14)24-19(23-16)15-4-3-9-22-11-15/h3-4,9-14,18H,5-8H2,1-2H3,(H,25,26)/t18-/m0/s1. The molecule has 1 amide bonds. The lowest BCUT2D eigenvalue weighted by Crippen LogP contribution is -2.33. The van der Waals surface area contributed by atoms with Crippen molar-refractivity contribution in [1.29, 1.82) is 0 Å². The SMILES string of the molecule is CC(C)[C@H](NC(=O)C1CC1)c1cc(OC(=O)C2CC2)nc(-c2cccnc2)n1. The molecule has 0 aliphatic heterocycles. The molecule has 0 saturated heterocycles. The average molecular weight is 380 g/mol. The topological polar surface area (TPSA) is 94.1 Å². The van der Waals surface area contributed by atoms with E-state index in [1.807, 2.05) is 19.9 Å². The van der Waals surface area contributed by atoms with Crippen LogP contribution in [-0.4, -0.2) is 26.8 Å². The molecule has 0 bridgehead atoms. The van der Waals surface area contributed by atoms with E-state index in [9.17, 15) is 9.59 Å². The third-order valence-corrected chi connectivity index (χ3v) is 4.99. The van der Waals surface area contributed by atoms with Crippen molar-refractivity contribution in [3.05, 3.63) is 36.3 Å². The molecule has 7 heteroatoms. The van der Waals surface area contributed by atoms with Gasteiger partial charge >= 0.3 is 5.97 Å². The summed E-state index contributed by atoms with van der Waals surface area (Å²) in [5.41, 5.74) is 1.36. The van der Waals surface area contributed by atoms with Crippen LogP contribution >= 0.6 is 0 Å². The zero-order valence-corrected chi connectivity index (χ0v) is 16.1. The molecule has 1 N–H and O–H groups in total. The molecule has 2 aliphatic carbocycles.